The first-order valence-electron chi connectivity index (χ1n) is 8.55. The average Bonchev–Trinajstić information content (AvgIpc) is 2.86. The van der Waals surface area contributed by atoms with Crippen molar-refractivity contribution in [3.8, 4) is 22.6 Å². The Morgan fingerprint density at radius 3 is 2.93 bits per heavy atom. The number of carbonyl (C=O) groups is 1. The second kappa shape index (κ2) is 7.03. The minimum atomic E-state index is -0.262. The smallest absolute Gasteiger partial charge is 0.258 e. The molecule has 3 heterocycles. The number of ether oxygens (including phenoxy) is 2. The Labute approximate surface area is 156 Å². The molecule has 0 atom stereocenters. The quantitative estimate of drug-likeness (QED) is 0.771. The maximum Gasteiger partial charge on any atom is 0.258 e. The zero-order valence-corrected chi connectivity index (χ0v) is 15.0. The Morgan fingerprint density at radius 1 is 1.22 bits per heavy atom. The van der Waals surface area contributed by atoms with E-state index in [0.29, 0.717) is 18.6 Å². The lowest BCUT2D eigenvalue weighted by atomic mass is 10.0. The van der Waals surface area contributed by atoms with Gasteiger partial charge in [0.1, 0.15) is 11.5 Å². The highest BCUT2D eigenvalue weighted by Gasteiger charge is 2.19. The summed E-state index contributed by atoms with van der Waals surface area (Å²) in [6, 6.07) is 7.31. The molecular formula is C20H18N4O3. The Kier molecular flexibility index (Phi) is 4.42. The Hall–Kier alpha value is -3.48. The number of amides is 1. The molecule has 0 bridgehead atoms. The maximum absolute atomic E-state index is 12.5. The second-order valence-electron chi connectivity index (χ2n) is 6.16. The van der Waals surface area contributed by atoms with Crippen LogP contribution in [0.4, 0.5) is 5.95 Å². The number of aromatic nitrogens is 3. The molecule has 0 radical (unpaired) electrons. The molecule has 0 aliphatic carbocycles. The third kappa shape index (κ3) is 3.31. The number of hydrogen-bond acceptors (Lipinski definition) is 6. The molecule has 7 nitrogen and oxygen atoms in total. The Morgan fingerprint density at radius 2 is 2.11 bits per heavy atom. The molecule has 4 rings (SSSR count). The van der Waals surface area contributed by atoms with Crippen molar-refractivity contribution >= 4 is 11.9 Å². The monoisotopic (exact) mass is 362 g/mol. The van der Waals surface area contributed by atoms with Crippen LogP contribution in [0, 0.1) is 6.92 Å². The van der Waals surface area contributed by atoms with Gasteiger partial charge in [-0.05, 0) is 36.8 Å². The molecule has 1 aliphatic rings. The Bertz CT molecular complexity index is 1020. The van der Waals surface area contributed by atoms with Gasteiger partial charge < -0.3 is 9.47 Å². The lowest BCUT2D eigenvalue weighted by Crippen LogP contribution is -2.16. The van der Waals surface area contributed by atoms with Crippen molar-refractivity contribution in [2.75, 3.05) is 19.0 Å². The summed E-state index contributed by atoms with van der Waals surface area (Å²) in [6.07, 6.45) is 5.56. The van der Waals surface area contributed by atoms with Crippen molar-refractivity contribution < 1.29 is 14.3 Å². The maximum atomic E-state index is 12.5. The van der Waals surface area contributed by atoms with Crippen LogP contribution in [0.1, 0.15) is 21.6 Å². The molecule has 7 heteroatoms. The normalized spacial score (nSPS) is 12.2. The summed E-state index contributed by atoms with van der Waals surface area (Å²) >= 11 is 0. The number of fused-ring (bicyclic) bond motifs is 3. The minimum absolute atomic E-state index is 0.262. The number of aryl methyl sites for hydroxylation is 1. The van der Waals surface area contributed by atoms with Gasteiger partial charge in [-0.25, -0.2) is 9.97 Å². The van der Waals surface area contributed by atoms with Gasteiger partial charge in [-0.1, -0.05) is 0 Å². The molecule has 27 heavy (non-hydrogen) atoms. The fourth-order valence-corrected chi connectivity index (χ4v) is 3.02. The molecule has 0 fully saturated rings. The molecule has 136 valence electrons. The van der Waals surface area contributed by atoms with Crippen LogP contribution in [-0.4, -0.2) is 34.6 Å². The molecule has 0 spiro atoms. The average molecular weight is 362 g/mol. The summed E-state index contributed by atoms with van der Waals surface area (Å²) in [5.41, 5.74) is 3.91. The van der Waals surface area contributed by atoms with E-state index in [1.807, 2.05) is 25.1 Å². The molecule has 3 aromatic rings. The van der Waals surface area contributed by atoms with Gasteiger partial charge in [0.15, 0.2) is 0 Å². The molecule has 0 saturated heterocycles. The van der Waals surface area contributed by atoms with Crippen LogP contribution < -0.4 is 14.8 Å². The minimum Gasteiger partial charge on any atom is -0.497 e. The van der Waals surface area contributed by atoms with Gasteiger partial charge in [0.2, 0.25) is 5.95 Å². The standard InChI is InChI=1S/C20H18N4O3/c1-12-10-21-7-5-14(12)19(25)24-20-22-11-16-15-9-13(26-2)3-4-18(15)27-8-6-17(16)23-20/h3-5,7,9-11H,6,8H2,1-2H3,(H,22,23,24,25). The molecule has 1 N–H and O–H groups in total. The zero-order valence-electron chi connectivity index (χ0n) is 15.0. The number of nitrogens with one attached hydrogen (secondary N) is 1. The van der Waals surface area contributed by atoms with Gasteiger partial charge in [-0.15, -0.1) is 0 Å². The number of nitrogens with zero attached hydrogens (tertiary/aromatic N) is 3. The van der Waals surface area contributed by atoms with Crippen molar-refractivity contribution in [2.45, 2.75) is 13.3 Å². The molecule has 1 aliphatic heterocycles. The van der Waals surface area contributed by atoms with Gasteiger partial charge in [0, 0.05) is 41.7 Å². The van der Waals surface area contributed by atoms with E-state index in [-0.39, 0.29) is 11.9 Å². The summed E-state index contributed by atoms with van der Waals surface area (Å²) in [6.45, 7) is 2.33. The topological polar surface area (TPSA) is 86.2 Å². The third-order valence-electron chi connectivity index (χ3n) is 4.43. The summed E-state index contributed by atoms with van der Waals surface area (Å²) in [4.78, 5) is 25.4. The lowest BCUT2D eigenvalue weighted by molar-refractivity contribution is 0.102. The number of carbonyl (C=O) groups excluding carboxylic acids is 1. The highest BCUT2D eigenvalue weighted by atomic mass is 16.5. The molecule has 2 aromatic heterocycles. The molecule has 0 saturated carbocycles. The molecular weight excluding hydrogens is 344 g/mol. The number of methoxy groups -OCH3 is 1. The fraction of sp³-hybridized carbons (Fsp3) is 0.200. The summed E-state index contributed by atoms with van der Waals surface area (Å²) < 4.78 is 11.1. The van der Waals surface area contributed by atoms with E-state index in [0.717, 1.165) is 33.9 Å². The predicted octanol–water partition coefficient (Wildman–Crippen LogP) is 3.04. The van der Waals surface area contributed by atoms with Crippen LogP contribution in [0.25, 0.3) is 11.1 Å². The summed E-state index contributed by atoms with van der Waals surface area (Å²) in [5, 5.41) is 2.76. The zero-order chi connectivity index (χ0) is 18.8. The summed E-state index contributed by atoms with van der Waals surface area (Å²) in [7, 11) is 1.62. The van der Waals surface area contributed by atoms with Gasteiger partial charge in [-0.2, -0.15) is 0 Å². The van der Waals surface area contributed by atoms with E-state index in [9.17, 15) is 4.79 Å². The van der Waals surface area contributed by atoms with Gasteiger partial charge >= 0.3 is 0 Å². The van der Waals surface area contributed by atoms with Gasteiger partial charge in [-0.3, -0.25) is 15.1 Å². The van der Waals surface area contributed by atoms with Gasteiger partial charge in [0.05, 0.1) is 19.4 Å². The first-order valence-corrected chi connectivity index (χ1v) is 8.55. The van der Waals surface area contributed by atoms with Crippen LogP contribution in [-0.2, 0) is 6.42 Å². The molecule has 0 unspecified atom stereocenters. The Balaban J connectivity index is 1.67. The van der Waals surface area contributed by atoms with Crippen LogP contribution in [0.15, 0.2) is 42.9 Å². The van der Waals surface area contributed by atoms with Crippen molar-refractivity contribution in [1.82, 2.24) is 15.0 Å². The largest absolute Gasteiger partial charge is 0.497 e. The number of benzene rings is 1. The van der Waals surface area contributed by atoms with Crippen LogP contribution in [0.3, 0.4) is 0 Å². The van der Waals surface area contributed by atoms with Crippen LogP contribution in [0.5, 0.6) is 11.5 Å². The van der Waals surface area contributed by atoms with Gasteiger partial charge in [0.25, 0.3) is 5.91 Å². The van der Waals surface area contributed by atoms with Crippen LogP contribution >= 0.6 is 0 Å². The number of rotatable bonds is 3. The van der Waals surface area contributed by atoms with E-state index in [1.54, 1.807) is 31.8 Å². The molecule has 1 aromatic carbocycles. The summed E-state index contributed by atoms with van der Waals surface area (Å²) in [5.74, 6) is 1.50. The van der Waals surface area contributed by atoms with Crippen molar-refractivity contribution in [2.24, 2.45) is 0 Å². The number of hydrogen-bond donors (Lipinski definition) is 1. The van der Waals surface area contributed by atoms with E-state index >= 15 is 0 Å². The third-order valence-corrected chi connectivity index (χ3v) is 4.43. The SMILES string of the molecule is COc1ccc2c(c1)-c1cnc(NC(=O)c3ccncc3C)nc1CCO2. The second-order valence-corrected chi connectivity index (χ2v) is 6.16. The molecule has 1 amide bonds. The van der Waals surface area contributed by atoms with E-state index in [1.165, 1.54) is 0 Å². The first-order chi connectivity index (χ1) is 13.2. The highest BCUT2D eigenvalue weighted by molar-refractivity contribution is 6.04. The van der Waals surface area contributed by atoms with E-state index in [4.69, 9.17) is 9.47 Å². The van der Waals surface area contributed by atoms with Crippen molar-refractivity contribution in [3.63, 3.8) is 0 Å². The van der Waals surface area contributed by atoms with Crippen molar-refractivity contribution in [1.29, 1.82) is 0 Å². The predicted molar refractivity (Wildman–Crippen MR) is 100 cm³/mol. The lowest BCUT2D eigenvalue weighted by Gasteiger charge is -2.11. The highest BCUT2D eigenvalue weighted by Crippen LogP contribution is 2.37. The fourth-order valence-electron chi connectivity index (χ4n) is 3.02. The van der Waals surface area contributed by atoms with Crippen molar-refractivity contribution in [3.05, 3.63) is 59.7 Å². The number of anilines is 1. The number of pyridine rings is 1. The first kappa shape index (κ1) is 17.0. The van der Waals surface area contributed by atoms with E-state index in [2.05, 4.69) is 20.3 Å². The van der Waals surface area contributed by atoms with E-state index < -0.39 is 0 Å². The van der Waals surface area contributed by atoms with Crippen LogP contribution in [0.2, 0.25) is 0 Å².